The third-order valence-electron chi connectivity index (χ3n) is 3.89. The lowest BCUT2D eigenvalue weighted by atomic mass is 9.81. The number of hydrogen-bond donors (Lipinski definition) is 1. The highest BCUT2D eigenvalue weighted by Gasteiger charge is 2.24. The molecule has 0 amide bonds. The molecule has 2 aromatic rings. The Bertz CT molecular complexity index is 569. The highest BCUT2D eigenvalue weighted by Crippen LogP contribution is 2.30. The molecule has 1 N–H and O–H groups in total. The molecule has 1 aromatic carbocycles. The molecule has 0 fully saturated rings. The van der Waals surface area contributed by atoms with Gasteiger partial charge >= 0.3 is 0 Å². The summed E-state index contributed by atoms with van der Waals surface area (Å²) in [6.45, 7) is 10.1. The van der Waals surface area contributed by atoms with Gasteiger partial charge in [-0.05, 0) is 37.8 Å². The van der Waals surface area contributed by atoms with Gasteiger partial charge in [0.2, 0.25) is 0 Å². The minimum absolute atomic E-state index is 0.249. The van der Waals surface area contributed by atoms with Crippen molar-refractivity contribution in [1.29, 1.82) is 0 Å². The van der Waals surface area contributed by atoms with Gasteiger partial charge < -0.3 is 5.32 Å². The summed E-state index contributed by atoms with van der Waals surface area (Å²) >= 11 is 0. The molecular formula is C17H27N3. The Morgan fingerprint density at radius 1 is 1.30 bits per heavy atom. The van der Waals surface area contributed by atoms with Crippen LogP contribution in [0.5, 0.6) is 0 Å². The summed E-state index contributed by atoms with van der Waals surface area (Å²) in [5.74, 6) is 0. The maximum atomic E-state index is 4.72. The molecule has 2 rings (SSSR count). The van der Waals surface area contributed by atoms with Crippen molar-refractivity contribution in [2.24, 2.45) is 12.5 Å². The average Bonchev–Trinajstić information content (AvgIpc) is 2.66. The molecule has 0 aliphatic heterocycles. The largest absolute Gasteiger partial charge is 0.315 e. The van der Waals surface area contributed by atoms with Gasteiger partial charge in [0, 0.05) is 18.5 Å². The van der Waals surface area contributed by atoms with E-state index >= 15 is 0 Å². The minimum Gasteiger partial charge on any atom is -0.315 e. The second-order valence-corrected chi connectivity index (χ2v) is 6.59. The molecule has 0 aliphatic rings. The Morgan fingerprint density at radius 2 is 2.00 bits per heavy atom. The fourth-order valence-corrected chi connectivity index (χ4v) is 3.19. The molecule has 0 spiro atoms. The van der Waals surface area contributed by atoms with Gasteiger partial charge in [0.1, 0.15) is 0 Å². The monoisotopic (exact) mass is 273 g/mol. The first-order chi connectivity index (χ1) is 9.43. The van der Waals surface area contributed by atoms with E-state index in [1.165, 1.54) is 16.6 Å². The SMILES string of the molecule is CCNC(C)CC(C)(C)Cc1nn(C)c2ccccc12. The first-order valence-corrected chi connectivity index (χ1v) is 7.57. The number of nitrogens with one attached hydrogen (secondary N) is 1. The highest BCUT2D eigenvalue weighted by molar-refractivity contribution is 5.81. The lowest BCUT2D eigenvalue weighted by Gasteiger charge is -2.28. The zero-order chi connectivity index (χ0) is 14.8. The number of aryl methyl sites for hydroxylation is 1. The summed E-state index contributed by atoms with van der Waals surface area (Å²) in [5, 5.41) is 9.52. The Balaban J connectivity index is 2.18. The predicted octanol–water partition coefficient (Wildman–Crippen LogP) is 3.53. The Kier molecular flexibility index (Phi) is 4.48. The number of fused-ring (bicyclic) bond motifs is 1. The van der Waals surface area contributed by atoms with Crippen molar-refractivity contribution >= 4 is 10.9 Å². The second-order valence-electron chi connectivity index (χ2n) is 6.59. The Labute approximate surface area is 122 Å². The predicted molar refractivity (Wildman–Crippen MR) is 86.0 cm³/mol. The average molecular weight is 273 g/mol. The molecule has 1 unspecified atom stereocenters. The maximum Gasteiger partial charge on any atom is 0.0708 e. The van der Waals surface area contributed by atoms with E-state index in [0.717, 1.165) is 19.4 Å². The third kappa shape index (κ3) is 3.40. The van der Waals surface area contributed by atoms with Crippen molar-refractivity contribution in [3.8, 4) is 0 Å². The van der Waals surface area contributed by atoms with E-state index in [0.29, 0.717) is 6.04 Å². The molecule has 110 valence electrons. The summed E-state index contributed by atoms with van der Waals surface area (Å²) in [5.41, 5.74) is 2.69. The van der Waals surface area contributed by atoms with Crippen LogP contribution in [0.4, 0.5) is 0 Å². The molecule has 1 aromatic heterocycles. The van der Waals surface area contributed by atoms with Crippen molar-refractivity contribution in [2.75, 3.05) is 6.54 Å². The quantitative estimate of drug-likeness (QED) is 0.872. The fourth-order valence-electron chi connectivity index (χ4n) is 3.19. The summed E-state index contributed by atoms with van der Waals surface area (Å²) in [6.07, 6.45) is 2.18. The van der Waals surface area contributed by atoms with Crippen LogP contribution in [-0.2, 0) is 13.5 Å². The lowest BCUT2D eigenvalue weighted by molar-refractivity contribution is 0.286. The normalized spacial score (nSPS) is 13.8. The van der Waals surface area contributed by atoms with Gasteiger partial charge in [0.15, 0.2) is 0 Å². The number of hydrogen-bond acceptors (Lipinski definition) is 2. The van der Waals surface area contributed by atoms with Crippen LogP contribution in [0.15, 0.2) is 24.3 Å². The Morgan fingerprint density at radius 3 is 2.70 bits per heavy atom. The first-order valence-electron chi connectivity index (χ1n) is 7.57. The standard InChI is InChI=1S/C17H27N3/c1-6-18-13(2)11-17(3,4)12-15-14-9-7-8-10-16(14)20(5)19-15/h7-10,13,18H,6,11-12H2,1-5H3. The van der Waals surface area contributed by atoms with Gasteiger partial charge in [-0.3, -0.25) is 4.68 Å². The van der Waals surface area contributed by atoms with Crippen molar-refractivity contribution < 1.29 is 0 Å². The van der Waals surface area contributed by atoms with Gasteiger partial charge in [-0.2, -0.15) is 5.10 Å². The second kappa shape index (κ2) is 5.96. The van der Waals surface area contributed by atoms with Crippen LogP contribution in [0, 0.1) is 5.41 Å². The van der Waals surface area contributed by atoms with E-state index in [1.807, 2.05) is 11.7 Å². The lowest BCUT2D eigenvalue weighted by Crippen LogP contribution is -2.32. The van der Waals surface area contributed by atoms with E-state index in [1.54, 1.807) is 0 Å². The fraction of sp³-hybridized carbons (Fsp3) is 0.588. The minimum atomic E-state index is 0.249. The number of nitrogens with zero attached hydrogens (tertiary/aromatic N) is 2. The van der Waals surface area contributed by atoms with E-state index < -0.39 is 0 Å². The summed E-state index contributed by atoms with van der Waals surface area (Å²) in [4.78, 5) is 0. The van der Waals surface area contributed by atoms with Crippen LogP contribution >= 0.6 is 0 Å². The maximum absolute atomic E-state index is 4.72. The van der Waals surface area contributed by atoms with Gasteiger partial charge in [-0.25, -0.2) is 0 Å². The van der Waals surface area contributed by atoms with Crippen molar-refractivity contribution in [3.05, 3.63) is 30.0 Å². The number of aromatic nitrogens is 2. The smallest absolute Gasteiger partial charge is 0.0708 e. The number of benzene rings is 1. The highest BCUT2D eigenvalue weighted by atomic mass is 15.3. The third-order valence-corrected chi connectivity index (χ3v) is 3.89. The topological polar surface area (TPSA) is 29.9 Å². The van der Waals surface area contributed by atoms with Crippen molar-refractivity contribution in [1.82, 2.24) is 15.1 Å². The molecule has 3 heteroatoms. The number of rotatable bonds is 6. The molecule has 1 atom stereocenters. The van der Waals surface area contributed by atoms with Gasteiger partial charge in [-0.1, -0.05) is 39.0 Å². The number of para-hydroxylation sites is 1. The molecule has 0 bridgehead atoms. The molecule has 20 heavy (non-hydrogen) atoms. The molecule has 0 radical (unpaired) electrons. The van der Waals surface area contributed by atoms with Gasteiger partial charge in [0.05, 0.1) is 11.2 Å². The molecule has 0 aliphatic carbocycles. The van der Waals surface area contributed by atoms with Crippen LogP contribution in [0.1, 0.15) is 39.8 Å². The van der Waals surface area contributed by atoms with E-state index in [9.17, 15) is 0 Å². The molecule has 3 nitrogen and oxygen atoms in total. The zero-order valence-corrected chi connectivity index (χ0v) is 13.4. The van der Waals surface area contributed by atoms with Gasteiger partial charge in [-0.15, -0.1) is 0 Å². The molecule has 1 heterocycles. The molecule has 0 saturated heterocycles. The van der Waals surface area contributed by atoms with Crippen LogP contribution < -0.4 is 5.32 Å². The van der Waals surface area contributed by atoms with Crippen LogP contribution in [0.25, 0.3) is 10.9 Å². The van der Waals surface area contributed by atoms with E-state index in [4.69, 9.17) is 5.10 Å². The zero-order valence-electron chi connectivity index (χ0n) is 13.4. The summed E-state index contributed by atoms with van der Waals surface area (Å²) in [6, 6.07) is 9.04. The van der Waals surface area contributed by atoms with Crippen molar-refractivity contribution in [2.45, 2.75) is 46.6 Å². The molecular weight excluding hydrogens is 246 g/mol. The van der Waals surface area contributed by atoms with E-state index in [2.05, 4.69) is 57.3 Å². The summed E-state index contributed by atoms with van der Waals surface area (Å²) in [7, 11) is 2.03. The van der Waals surface area contributed by atoms with Crippen LogP contribution in [0.2, 0.25) is 0 Å². The van der Waals surface area contributed by atoms with E-state index in [-0.39, 0.29) is 5.41 Å². The Hall–Kier alpha value is -1.35. The summed E-state index contributed by atoms with van der Waals surface area (Å²) < 4.78 is 1.99. The first kappa shape index (κ1) is 15.0. The molecule has 0 saturated carbocycles. The van der Waals surface area contributed by atoms with Crippen LogP contribution in [-0.4, -0.2) is 22.4 Å². The van der Waals surface area contributed by atoms with Crippen molar-refractivity contribution in [3.63, 3.8) is 0 Å². The van der Waals surface area contributed by atoms with Gasteiger partial charge in [0.25, 0.3) is 0 Å². The van der Waals surface area contributed by atoms with Crippen LogP contribution in [0.3, 0.4) is 0 Å².